The van der Waals surface area contributed by atoms with E-state index in [-0.39, 0.29) is 0 Å². The van der Waals surface area contributed by atoms with E-state index >= 15 is 0 Å². The molecule has 2 N–H and O–H groups in total. The van der Waals surface area contributed by atoms with Gasteiger partial charge in [-0.15, -0.1) is 0 Å². The number of hydrazine groups is 1. The van der Waals surface area contributed by atoms with Crippen LogP contribution in [0, 0.1) is 0 Å². The van der Waals surface area contributed by atoms with Crippen molar-refractivity contribution < 1.29 is 9.59 Å². The van der Waals surface area contributed by atoms with Gasteiger partial charge in [-0.1, -0.05) is 24.3 Å². The highest BCUT2D eigenvalue weighted by Gasteiger charge is 2.09. The van der Waals surface area contributed by atoms with Crippen LogP contribution < -0.4 is 10.9 Å². The van der Waals surface area contributed by atoms with Crippen LogP contribution in [0.15, 0.2) is 65.3 Å². The van der Waals surface area contributed by atoms with Crippen molar-refractivity contribution in [2.45, 2.75) is 0 Å². The fraction of sp³-hybridized carbons (Fsp3) is 0. The molecule has 0 unspecified atom stereocenters. The van der Waals surface area contributed by atoms with E-state index in [9.17, 15) is 9.59 Å². The molecule has 6 nitrogen and oxygen atoms in total. The second-order valence-electron chi connectivity index (χ2n) is 5.04. The summed E-state index contributed by atoms with van der Waals surface area (Å²) in [6, 6.07) is 14.4. The van der Waals surface area contributed by atoms with Crippen molar-refractivity contribution in [3.63, 3.8) is 0 Å². The third-order valence-corrected chi connectivity index (χ3v) is 3.98. The number of fused-ring (bicyclic) bond motifs is 1. The van der Waals surface area contributed by atoms with Crippen LogP contribution in [0.1, 0.15) is 16.1 Å². The quantitative estimate of drug-likeness (QED) is 0.526. The zero-order valence-corrected chi connectivity index (χ0v) is 14.5. The first-order valence-electron chi connectivity index (χ1n) is 7.38. The van der Waals surface area contributed by atoms with Gasteiger partial charge >= 0.3 is 0 Å². The Balaban J connectivity index is 1.60. The van der Waals surface area contributed by atoms with Gasteiger partial charge in [-0.25, -0.2) is 4.98 Å². The second kappa shape index (κ2) is 7.67. The van der Waals surface area contributed by atoms with E-state index in [1.807, 2.05) is 24.3 Å². The summed E-state index contributed by atoms with van der Waals surface area (Å²) < 4.78 is 0.642. The SMILES string of the molecule is O=C(/C=C/c1cnc2ccccc2n1)NNC(=O)c1ccccc1Br. The lowest BCUT2D eigenvalue weighted by Gasteiger charge is -2.06. The van der Waals surface area contributed by atoms with Crippen molar-refractivity contribution in [2.75, 3.05) is 0 Å². The van der Waals surface area contributed by atoms with E-state index in [2.05, 4.69) is 36.7 Å². The molecule has 1 aromatic heterocycles. The Morgan fingerprint density at radius 1 is 0.960 bits per heavy atom. The number of hydrogen-bond donors (Lipinski definition) is 2. The van der Waals surface area contributed by atoms with Crippen LogP contribution in [-0.4, -0.2) is 21.8 Å². The Labute approximate surface area is 152 Å². The zero-order chi connectivity index (χ0) is 17.6. The average molecular weight is 397 g/mol. The van der Waals surface area contributed by atoms with Gasteiger partial charge in [0.25, 0.3) is 11.8 Å². The largest absolute Gasteiger partial charge is 0.270 e. The summed E-state index contributed by atoms with van der Waals surface area (Å²) in [4.78, 5) is 32.5. The van der Waals surface area contributed by atoms with Gasteiger partial charge in [0.1, 0.15) is 0 Å². The summed E-state index contributed by atoms with van der Waals surface area (Å²) in [5.74, 6) is -0.893. The Bertz CT molecular complexity index is 972. The van der Waals surface area contributed by atoms with Gasteiger partial charge in [-0.3, -0.25) is 25.4 Å². The molecule has 0 saturated heterocycles. The fourth-order valence-electron chi connectivity index (χ4n) is 2.09. The van der Waals surface area contributed by atoms with Crippen molar-refractivity contribution in [3.05, 3.63) is 76.5 Å². The highest BCUT2D eigenvalue weighted by molar-refractivity contribution is 9.10. The highest BCUT2D eigenvalue weighted by atomic mass is 79.9. The minimum absolute atomic E-state index is 0.417. The molecule has 0 aliphatic rings. The third-order valence-electron chi connectivity index (χ3n) is 3.29. The first-order chi connectivity index (χ1) is 12.1. The lowest BCUT2D eigenvalue weighted by Crippen LogP contribution is -2.40. The number of para-hydroxylation sites is 2. The van der Waals surface area contributed by atoms with Crippen molar-refractivity contribution in [1.29, 1.82) is 0 Å². The van der Waals surface area contributed by atoms with Crippen LogP contribution in [0.5, 0.6) is 0 Å². The predicted molar refractivity (Wildman–Crippen MR) is 98.3 cm³/mol. The molecular formula is C18H13BrN4O2. The minimum Gasteiger partial charge on any atom is -0.268 e. The maximum absolute atomic E-state index is 12.0. The van der Waals surface area contributed by atoms with Crippen LogP contribution >= 0.6 is 15.9 Å². The molecule has 1 heterocycles. The summed E-state index contributed by atoms with van der Waals surface area (Å²) >= 11 is 3.28. The second-order valence-corrected chi connectivity index (χ2v) is 5.89. The van der Waals surface area contributed by atoms with Gasteiger partial charge in [-0.2, -0.15) is 0 Å². The van der Waals surface area contributed by atoms with Crippen molar-refractivity contribution in [1.82, 2.24) is 20.8 Å². The molecule has 2 amide bonds. The molecule has 3 aromatic rings. The van der Waals surface area contributed by atoms with Gasteiger partial charge in [0, 0.05) is 10.5 Å². The molecule has 3 rings (SSSR count). The summed E-state index contributed by atoms with van der Waals surface area (Å²) in [7, 11) is 0. The van der Waals surface area contributed by atoms with E-state index in [0.29, 0.717) is 15.7 Å². The molecule has 124 valence electrons. The molecule has 0 saturated carbocycles. The molecule has 0 aliphatic heterocycles. The van der Waals surface area contributed by atoms with E-state index in [1.165, 1.54) is 12.2 Å². The standard InChI is InChI=1S/C18H13BrN4O2/c19-14-6-2-1-5-13(14)18(25)23-22-17(24)10-9-12-11-20-15-7-3-4-8-16(15)21-12/h1-11H,(H,22,24)(H,23,25)/b10-9+. The van der Waals surface area contributed by atoms with Crippen molar-refractivity contribution in [3.8, 4) is 0 Å². The monoisotopic (exact) mass is 396 g/mol. The maximum Gasteiger partial charge on any atom is 0.270 e. The summed E-state index contributed by atoms with van der Waals surface area (Å²) in [6.07, 6.45) is 4.38. The van der Waals surface area contributed by atoms with Gasteiger partial charge in [-0.05, 0) is 46.3 Å². The molecule has 7 heteroatoms. The molecule has 0 radical (unpaired) electrons. The molecular weight excluding hydrogens is 384 g/mol. The van der Waals surface area contributed by atoms with E-state index in [4.69, 9.17) is 0 Å². The highest BCUT2D eigenvalue weighted by Crippen LogP contribution is 2.15. The molecule has 0 spiro atoms. The maximum atomic E-state index is 12.0. The number of halogens is 1. The molecule has 0 aliphatic carbocycles. The first-order valence-corrected chi connectivity index (χ1v) is 8.17. The van der Waals surface area contributed by atoms with Gasteiger partial charge in [0.15, 0.2) is 0 Å². The Morgan fingerprint density at radius 2 is 1.68 bits per heavy atom. The van der Waals surface area contributed by atoms with E-state index in [1.54, 1.807) is 30.5 Å². The number of rotatable bonds is 3. The van der Waals surface area contributed by atoms with Crippen LogP contribution in [0.2, 0.25) is 0 Å². The molecule has 2 aromatic carbocycles. The summed E-state index contributed by atoms with van der Waals surface area (Å²) in [6.45, 7) is 0. The first kappa shape index (κ1) is 16.8. The van der Waals surface area contributed by atoms with Gasteiger partial charge in [0.2, 0.25) is 0 Å². The Morgan fingerprint density at radius 3 is 2.48 bits per heavy atom. The van der Waals surface area contributed by atoms with E-state index in [0.717, 1.165) is 11.0 Å². The zero-order valence-electron chi connectivity index (χ0n) is 12.9. The van der Waals surface area contributed by atoms with Crippen LogP contribution in [0.4, 0.5) is 0 Å². The smallest absolute Gasteiger partial charge is 0.268 e. The van der Waals surface area contributed by atoms with Gasteiger partial charge < -0.3 is 0 Å². The Hall–Kier alpha value is -3.06. The topological polar surface area (TPSA) is 84.0 Å². The summed E-state index contributed by atoms with van der Waals surface area (Å²) in [5, 5.41) is 0. The fourth-order valence-corrected chi connectivity index (χ4v) is 2.55. The molecule has 25 heavy (non-hydrogen) atoms. The average Bonchev–Trinajstić information content (AvgIpc) is 2.64. The van der Waals surface area contributed by atoms with E-state index < -0.39 is 11.8 Å². The molecule has 0 fully saturated rings. The minimum atomic E-state index is -0.477. The number of nitrogens with zero attached hydrogens (tertiary/aromatic N) is 2. The van der Waals surface area contributed by atoms with Crippen LogP contribution in [-0.2, 0) is 4.79 Å². The predicted octanol–water partition coefficient (Wildman–Crippen LogP) is 2.87. The lowest BCUT2D eigenvalue weighted by molar-refractivity contribution is -0.117. The molecule has 0 bridgehead atoms. The number of carbonyl (C=O) groups is 2. The van der Waals surface area contributed by atoms with Crippen LogP contribution in [0.25, 0.3) is 17.1 Å². The number of hydrogen-bond acceptors (Lipinski definition) is 4. The summed E-state index contributed by atoms with van der Waals surface area (Å²) in [5.41, 5.74) is 7.17. The number of benzene rings is 2. The number of carbonyl (C=O) groups excluding carboxylic acids is 2. The number of nitrogens with one attached hydrogen (secondary N) is 2. The lowest BCUT2D eigenvalue weighted by atomic mass is 10.2. The number of aromatic nitrogens is 2. The normalized spacial score (nSPS) is 10.8. The van der Waals surface area contributed by atoms with Gasteiger partial charge in [0.05, 0.1) is 28.5 Å². The number of amides is 2. The van der Waals surface area contributed by atoms with Crippen LogP contribution in [0.3, 0.4) is 0 Å². The van der Waals surface area contributed by atoms with Crippen molar-refractivity contribution >= 4 is 44.9 Å². The molecule has 0 atom stereocenters. The third kappa shape index (κ3) is 4.27. The van der Waals surface area contributed by atoms with Crippen molar-refractivity contribution in [2.24, 2.45) is 0 Å². The Kier molecular flexibility index (Phi) is 5.15.